The molecule has 4 rings (SSSR count). The third-order valence-electron chi connectivity index (χ3n) is 4.97. The van der Waals surface area contributed by atoms with Crippen LogP contribution in [0.2, 0.25) is 0 Å². The molecular weight excluding hydrogens is 416 g/mol. The predicted molar refractivity (Wildman–Crippen MR) is 113 cm³/mol. The number of methoxy groups -OCH3 is 3. The number of nitrogens with one attached hydrogen (secondary N) is 2. The second-order valence-corrected chi connectivity index (χ2v) is 7.03. The number of aromatic amines is 1. The van der Waals surface area contributed by atoms with E-state index in [0.717, 1.165) is 5.56 Å². The van der Waals surface area contributed by atoms with Gasteiger partial charge < -0.3 is 24.3 Å². The van der Waals surface area contributed by atoms with Gasteiger partial charge in [0.25, 0.3) is 0 Å². The Morgan fingerprint density at radius 1 is 1.19 bits per heavy atom. The quantitative estimate of drug-likeness (QED) is 0.515. The van der Waals surface area contributed by atoms with Crippen LogP contribution in [0.25, 0.3) is 11.4 Å². The van der Waals surface area contributed by atoms with E-state index in [9.17, 15) is 9.59 Å². The van der Waals surface area contributed by atoms with Crippen LogP contribution >= 0.6 is 0 Å². The number of ether oxygens (including phenoxy) is 4. The number of cyclic esters (lactones) is 1. The minimum atomic E-state index is -0.718. The maximum absolute atomic E-state index is 12.7. The summed E-state index contributed by atoms with van der Waals surface area (Å²) in [5, 5.41) is 9.80. The van der Waals surface area contributed by atoms with E-state index < -0.39 is 12.1 Å². The van der Waals surface area contributed by atoms with Crippen molar-refractivity contribution in [3.63, 3.8) is 0 Å². The van der Waals surface area contributed by atoms with Crippen LogP contribution in [0, 0.1) is 0 Å². The van der Waals surface area contributed by atoms with Crippen molar-refractivity contribution in [3.05, 3.63) is 53.3 Å². The van der Waals surface area contributed by atoms with E-state index in [1.165, 1.54) is 14.2 Å². The molecule has 0 bridgehead atoms. The zero-order valence-electron chi connectivity index (χ0n) is 17.8. The molecule has 0 aliphatic carbocycles. The molecule has 1 amide bonds. The van der Waals surface area contributed by atoms with Crippen LogP contribution in [0.15, 0.2) is 36.4 Å². The SMILES string of the molecule is COCc1nc(-c2cccc(NC(=O)C[C@@H]3OC(=O)c4c3ccc(OC)c4OC)c2)n[nH]1. The first-order valence-corrected chi connectivity index (χ1v) is 9.80. The van der Waals surface area contributed by atoms with E-state index in [-0.39, 0.29) is 17.9 Å². The number of esters is 1. The Morgan fingerprint density at radius 2 is 2.03 bits per heavy atom. The van der Waals surface area contributed by atoms with Crippen molar-refractivity contribution in [2.75, 3.05) is 26.6 Å². The molecule has 32 heavy (non-hydrogen) atoms. The van der Waals surface area contributed by atoms with Crippen LogP contribution in [-0.4, -0.2) is 48.4 Å². The van der Waals surface area contributed by atoms with Crippen LogP contribution in [0.3, 0.4) is 0 Å². The Bertz CT molecular complexity index is 1160. The topological polar surface area (TPSA) is 125 Å². The zero-order chi connectivity index (χ0) is 22.7. The average Bonchev–Trinajstić information content (AvgIpc) is 3.38. The number of anilines is 1. The molecular formula is C22H22N4O6. The minimum absolute atomic E-state index is 0.0446. The van der Waals surface area contributed by atoms with Crippen LogP contribution in [-0.2, 0) is 20.9 Å². The highest BCUT2D eigenvalue weighted by molar-refractivity contribution is 5.99. The van der Waals surface area contributed by atoms with E-state index in [1.54, 1.807) is 37.4 Å². The molecule has 10 nitrogen and oxygen atoms in total. The maximum atomic E-state index is 12.7. The van der Waals surface area contributed by atoms with Crippen molar-refractivity contribution in [1.82, 2.24) is 15.2 Å². The van der Waals surface area contributed by atoms with Gasteiger partial charge in [-0.15, -0.1) is 0 Å². The zero-order valence-corrected chi connectivity index (χ0v) is 17.8. The Labute approximate surface area is 183 Å². The van der Waals surface area contributed by atoms with Gasteiger partial charge in [-0.2, -0.15) is 5.10 Å². The number of carbonyl (C=O) groups excluding carboxylic acids is 2. The van der Waals surface area contributed by atoms with E-state index >= 15 is 0 Å². The fourth-order valence-electron chi connectivity index (χ4n) is 3.57. The summed E-state index contributed by atoms with van der Waals surface area (Å²) < 4.78 is 21.0. The lowest BCUT2D eigenvalue weighted by Gasteiger charge is -2.13. The van der Waals surface area contributed by atoms with Crippen molar-refractivity contribution >= 4 is 17.6 Å². The largest absolute Gasteiger partial charge is 0.493 e. The van der Waals surface area contributed by atoms with Gasteiger partial charge >= 0.3 is 5.97 Å². The summed E-state index contributed by atoms with van der Waals surface area (Å²) in [6.45, 7) is 0.321. The molecule has 2 heterocycles. The van der Waals surface area contributed by atoms with Gasteiger partial charge in [-0.3, -0.25) is 9.89 Å². The molecule has 0 fully saturated rings. The number of hydrogen-bond acceptors (Lipinski definition) is 8. The number of amides is 1. The Kier molecular flexibility index (Phi) is 6.04. The fourth-order valence-corrected chi connectivity index (χ4v) is 3.57. The van der Waals surface area contributed by atoms with Crippen molar-refractivity contribution in [1.29, 1.82) is 0 Å². The van der Waals surface area contributed by atoms with Crippen molar-refractivity contribution in [2.24, 2.45) is 0 Å². The molecule has 0 spiro atoms. The number of hydrogen-bond donors (Lipinski definition) is 2. The van der Waals surface area contributed by atoms with Gasteiger partial charge in [-0.25, -0.2) is 9.78 Å². The highest BCUT2D eigenvalue weighted by Crippen LogP contribution is 2.43. The number of H-pyrrole nitrogens is 1. The lowest BCUT2D eigenvalue weighted by molar-refractivity contribution is -0.118. The summed E-state index contributed by atoms with van der Waals surface area (Å²) in [5.74, 6) is 0.957. The average molecular weight is 438 g/mol. The monoisotopic (exact) mass is 438 g/mol. The number of carbonyl (C=O) groups is 2. The van der Waals surface area contributed by atoms with E-state index in [1.807, 2.05) is 6.07 Å². The lowest BCUT2D eigenvalue weighted by atomic mass is 10.0. The van der Waals surface area contributed by atoms with Gasteiger partial charge in [0.05, 0.1) is 20.6 Å². The first kappa shape index (κ1) is 21.3. The molecule has 1 aliphatic rings. The Balaban J connectivity index is 1.48. The molecule has 0 unspecified atom stereocenters. The summed E-state index contributed by atoms with van der Waals surface area (Å²) in [6.07, 6.45) is -0.762. The lowest BCUT2D eigenvalue weighted by Crippen LogP contribution is -2.15. The molecule has 0 radical (unpaired) electrons. The smallest absolute Gasteiger partial charge is 0.343 e. The highest BCUT2D eigenvalue weighted by Gasteiger charge is 2.36. The number of rotatable bonds is 8. The Morgan fingerprint density at radius 3 is 2.78 bits per heavy atom. The minimum Gasteiger partial charge on any atom is -0.493 e. The molecule has 2 aromatic carbocycles. The van der Waals surface area contributed by atoms with Crippen LogP contribution in [0.4, 0.5) is 5.69 Å². The number of fused-ring (bicyclic) bond motifs is 1. The van der Waals surface area contributed by atoms with Gasteiger partial charge in [0, 0.05) is 23.9 Å². The summed E-state index contributed by atoms with van der Waals surface area (Å²) in [4.78, 5) is 29.4. The van der Waals surface area contributed by atoms with Gasteiger partial charge in [-0.1, -0.05) is 18.2 Å². The number of benzene rings is 2. The normalized spacial score (nSPS) is 14.6. The van der Waals surface area contributed by atoms with E-state index in [0.29, 0.717) is 41.0 Å². The summed E-state index contributed by atoms with van der Waals surface area (Å²) in [5.41, 5.74) is 2.17. The van der Waals surface area contributed by atoms with Crippen LogP contribution in [0.1, 0.15) is 34.3 Å². The maximum Gasteiger partial charge on any atom is 0.343 e. The molecule has 166 valence electrons. The molecule has 10 heteroatoms. The van der Waals surface area contributed by atoms with Crippen molar-refractivity contribution in [2.45, 2.75) is 19.1 Å². The molecule has 1 aliphatic heterocycles. The number of aromatic nitrogens is 3. The molecule has 1 atom stereocenters. The van der Waals surface area contributed by atoms with Crippen LogP contribution < -0.4 is 14.8 Å². The summed E-state index contributed by atoms with van der Waals surface area (Å²) in [6, 6.07) is 10.5. The standard InChI is InChI=1S/C22H22N4O6/c1-29-11-17-24-21(26-25-17)12-5-4-6-13(9-12)23-18(27)10-16-14-7-8-15(30-2)20(31-3)19(14)22(28)32-16/h4-9,16H,10-11H2,1-3H3,(H,23,27)(H,24,25,26)/t16-/m0/s1. The van der Waals surface area contributed by atoms with Crippen molar-refractivity contribution < 1.29 is 28.5 Å². The van der Waals surface area contributed by atoms with Crippen molar-refractivity contribution in [3.8, 4) is 22.9 Å². The summed E-state index contributed by atoms with van der Waals surface area (Å²) in [7, 11) is 4.51. The first-order chi connectivity index (χ1) is 15.5. The summed E-state index contributed by atoms with van der Waals surface area (Å²) >= 11 is 0. The second-order valence-electron chi connectivity index (χ2n) is 7.03. The van der Waals surface area contributed by atoms with E-state index in [4.69, 9.17) is 18.9 Å². The van der Waals surface area contributed by atoms with Gasteiger partial charge in [0.2, 0.25) is 5.91 Å². The fraction of sp³-hybridized carbons (Fsp3) is 0.273. The second kappa shape index (κ2) is 9.06. The van der Waals surface area contributed by atoms with Gasteiger partial charge in [-0.05, 0) is 18.2 Å². The third kappa shape index (κ3) is 4.12. The molecule has 3 aromatic rings. The van der Waals surface area contributed by atoms with E-state index in [2.05, 4.69) is 20.5 Å². The predicted octanol–water partition coefficient (Wildman–Crippen LogP) is 2.88. The number of nitrogens with zero attached hydrogens (tertiary/aromatic N) is 2. The molecule has 1 aromatic heterocycles. The molecule has 2 N–H and O–H groups in total. The third-order valence-corrected chi connectivity index (χ3v) is 4.97. The molecule has 0 saturated heterocycles. The Hall–Kier alpha value is -3.92. The van der Waals surface area contributed by atoms with Gasteiger partial charge in [0.1, 0.15) is 18.3 Å². The van der Waals surface area contributed by atoms with Crippen LogP contribution in [0.5, 0.6) is 11.5 Å². The van der Waals surface area contributed by atoms with Gasteiger partial charge in [0.15, 0.2) is 23.1 Å². The highest BCUT2D eigenvalue weighted by atomic mass is 16.6. The first-order valence-electron chi connectivity index (χ1n) is 9.80. The molecule has 0 saturated carbocycles.